The summed E-state index contributed by atoms with van der Waals surface area (Å²) in [5, 5.41) is 20.7. The van der Waals surface area contributed by atoms with Gasteiger partial charge in [-0.25, -0.2) is 0 Å². The molecule has 8 aromatic carbocycles. The van der Waals surface area contributed by atoms with E-state index in [1.807, 2.05) is 12.1 Å². The maximum atomic E-state index is 12.6. The minimum absolute atomic E-state index is 0.0622. The van der Waals surface area contributed by atoms with E-state index >= 15 is 0 Å². The molecule has 12 aromatic rings. The number of likely N-dealkylation sites (N-methyl/N-ethyl adjacent to an activating group) is 1. The molecule has 18 rings (SSSR count). The van der Waals surface area contributed by atoms with Gasteiger partial charge >= 0.3 is 532 Å². The maximum absolute atomic E-state index is 12.6. The number of fused-ring (bicyclic) bond motifs is 8. The molecule has 0 atom stereocenters. The van der Waals surface area contributed by atoms with Gasteiger partial charge in [0, 0.05) is 18.4 Å². The Bertz CT molecular complexity index is 5280. The Morgan fingerprint density at radius 3 is 1.10 bits per heavy atom. The summed E-state index contributed by atoms with van der Waals surface area (Å²) in [6, 6.07) is 87.1. The third kappa shape index (κ3) is 15.8. The molecular formula is C84H79IN8O5S2Se4Si4. The second-order valence-corrected chi connectivity index (χ2v) is 57.7. The SMILES string of the molecule is CN1C(=O)/C(=C/c2ccc(N3c4ccccc4[Si](C)(C)c4ccccc43)[se]2)C(=O)NC1=S.CN1C(=O)CC(=O)NC1=S.C[Si]1(C)c2ccccc2N(c2ccc(C=O)[se]2)c2ccccc21.C[Si]1(C)c2ccccc2N(c2ccc[se]2)c2ccccc21.C[Si]1(C)c2ccccc2Nc2ccccc21.Ic1ccc[se]1. The van der Waals surface area contributed by atoms with Crippen LogP contribution in [-0.2, 0) is 19.2 Å². The molecule has 24 heteroatoms. The summed E-state index contributed by atoms with van der Waals surface area (Å²) >= 11 is 13.2. The van der Waals surface area contributed by atoms with Crippen molar-refractivity contribution >= 4 is 284 Å². The zero-order valence-electron chi connectivity index (χ0n) is 61.2. The van der Waals surface area contributed by atoms with Crippen LogP contribution < -0.4 is 72.1 Å². The third-order valence-corrected chi connectivity index (χ3v) is 44.2. The Morgan fingerprint density at radius 1 is 0.389 bits per heavy atom. The quantitative estimate of drug-likeness (QED) is 0.0289. The number of anilines is 11. The molecule has 0 radical (unpaired) electrons. The van der Waals surface area contributed by atoms with Crippen molar-refractivity contribution in [2.24, 2.45) is 0 Å². The van der Waals surface area contributed by atoms with Crippen molar-refractivity contribution in [1.82, 2.24) is 20.4 Å². The van der Waals surface area contributed by atoms with E-state index in [1.54, 1.807) is 23.5 Å². The van der Waals surface area contributed by atoms with Crippen LogP contribution in [0, 0.1) is 2.44 Å². The number of thiocarbonyl (C=S) groups is 2. The van der Waals surface area contributed by atoms with E-state index < -0.39 is 38.2 Å². The zero-order chi connectivity index (χ0) is 76.4. The van der Waals surface area contributed by atoms with Crippen LogP contribution in [0.5, 0.6) is 0 Å². The first-order valence-electron chi connectivity index (χ1n) is 35.1. The standard InChI is InChI=1S/C24H21N3O2SSeSi.C19H17NOSeSi.C18H17NSeSi.C14H15NSi.C5H6N2O2S.C4H3ISe/c1-26-23(29)16(22(28)25-24(26)30)14-15-12-13-21(31-15)27-17-8-4-6-10-19(17)32(2,3)20-11-7-5-9-18(20)27;1-23(2)17-9-5-3-7-15(17)20(16-8-4-6-10-18(16)23)19-12-11-14(13-21)22-19;1-21(2)16-10-5-3-8-14(16)19(18-12-7-13-20-18)15-9-4-6-11-17(15)21;1-16(2)13-9-5-3-7-11(13)15-12-8-4-6-10-14(12)16;1-7-4(9)2-3(8)6-5(7)10;5-4-2-1-3-6-4/h4-14H,1-3H3,(H,25,28,30);3-13H,1-2H3;3-13H,1-2H3;3-10,15H,1-2H3;2H2,1H3,(H,6,8,10);1-3H/b16-14+;;;;;. The van der Waals surface area contributed by atoms with E-state index in [2.05, 4.69) is 358 Å². The number of para-hydroxylation sites is 8. The van der Waals surface area contributed by atoms with Gasteiger partial charge in [0.15, 0.2) is 5.11 Å². The second kappa shape index (κ2) is 32.9. The van der Waals surface area contributed by atoms with E-state index in [0.29, 0.717) is 29.0 Å². The minimum atomic E-state index is -1.82. The van der Waals surface area contributed by atoms with Crippen LogP contribution in [-0.4, -0.2) is 154 Å². The summed E-state index contributed by atoms with van der Waals surface area (Å²) in [6.45, 7) is 19.4. The molecule has 0 bridgehead atoms. The first-order chi connectivity index (χ1) is 51.8. The van der Waals surface area contributed by atoms with Crippen LogP contribution in [0.25, 0.3) is 6.08 Å². The fourth-order valence-corrected chi connectivity index (χ4v) is 34.1. The first-order valence-corrected chi connectivity index (χ1v) is 56.1. The molecule has 4 aromatic heterocycles. The fourth-order valence-electron chi connectivity index (χ4n) is 14.5. The molecule has 108 heavy (non-hydrogen) atoms. The topological polar surface area (TPSA) is 138 Å². The van der Waals surface area contributed by atoms with Crippen LogP contribution in [0.2, 0.25) is 52.4 Å². The number of aldehydes is 1. The van der Waals surface area contributed by atoms with Crippen molar-refractivity contribution < 1.29 is 24.0 Å². The zero-order valence-corrected chi connectivity index (χ0v) is 75.9. The van der Waals surface area contributed by atoms with Crippen molar-refractivity contribution in [3.63, 3.8) is 0 Å². The fraction of sp³-hybridized carbons (Fsp3) is 0.131. The number of nitrogens with zero attached hydrogens (tertiary/aromatic N) is 5. The van der Waals surface area contributed by atoms with Gasteiger partial charge in [0.1, 0.15) is 14.5 Å². The van der Waals surface area contributed by atoms with Crippen LogP contribution in [0.3, 0.4) is 0 Å². The van der Waals surface area contributed by atoms with E-state index in [1.165, 1.54) is 110 Å². The number of hydrogen-bond donors (Lipinski definition) is 3. The van der Waals surface area contributed by atoms with Crippen LogP contribution in [0.15, 0.2) is 258 Å². The number of nitrogens with one attached hydrogen (secondary N) is 3. The number of carbonyl (C=O) groups is 5. The Kier molecular flexibility index (Phi) is 23.8. The van der Waals surface area contributed by atoms with Gasteiger partial charge in [-0.2, -0.15) is 0 Å². The second-order valence-electron chi connectivity index (χ2n) is 28.3. The van der Waals surface area contributed by atoms with Gasteiger partial charge in [-0.3, -0.25) is 14.5 Å². The number of benzene rings is 8. The van der Waals surface area contributed by atoms with Gasteiger partial charge in [0.05, 0.1) is 0 Å². The molecule has 2 saturated heterocycles. The van der Waals surface area contributed by atoms with Gasteiger partial charge in [-0.15, -0.1) is 0 Å². The molecule has 4 amide bonds. The van der Waals surface area contributed by atoms with Crippen molar-refractivity contribution in [1.29, 1.82) is 0 Å². The summed E-state index contributed by atoms with van der Waals surface area (Å²) in [4.78, 5) is 71.7. The Hall–Kier alpha value is -7.97. The average Bonchev–Trinajstić information content (AvgIpc) is 1.39. The third-order valence-electron chi connectivity index (χ3n) is 20.2. The number of hydrogen-bond acceptors (Lipinski definition) is 11. The molecule has 0 saturated carbocycles. The normalized spacial score (nSPS) is 16.3. The van der Waals surface area contributed by atoms with Crippen molar-refractivity contribution in [3.8, 4) is 0 Å². The molecule has 3 N–H and O–H groups in total. The molecule has 10 heterocycles. The van der Waals surface area contributed by atoms with E-state index in [9.17, 15) is 24.0 Å². The molecule has 0 aliphatic carbocycles. The summed E-state index contributed by atoms with van der Waals surface area (Å²) < 4.78 is 7.24. The van der Waals surface area contributed by atoms with Crippen LogP contribution in [0.4, 0.5) is 59.2 Å². The summed E-state index contributed by atoms with van der Waals surface area (Å²) in [5.74, 6) is -1.39. The molecule has 544 valence electrons. The Labute approximate surface area is 683 Å². The van der Waals surface area contributed by atoms with Gasteiger partial charge in [-0.1, -0.05) is 49.5 Å². The van der Waals surface area contributed by atoms with Crippen LogP contribution >= 0.6 is 47.0 Å². The Morgan fingerprint density at radius 2 is 0.741 bits per heavy atom. The molecule has 0 spiro atoms. The molecule has 13 nitrogen and oxygen atoms in total. The summed E-state index contributed by atoms with van der Waals surface area (Å²) in [7, 11) is -3.51. The predicted molar refractivity (Wildman–Crippen MR) is 478 cm³/mol. The van der Waals surface area contributed by atoms with Crippen molar-refractivity contribution in [2.75, 3.05) is 34.1 Å². The molecule has 6 aliphatic rings. The summed E-state index contributed by atoms with van der Waals surface area (Å²) in [6.07, 6.45) is 2.60. The van der Waals surface area contributed by atoms with Gasteiger partial charge in [0.25, 0.3) is 0 Å². The van der Waals surface area contributed by atoms with E-state index in [4.69, 9.17) is 12.2 Å². The number of amides is 4. The van der Waals surface area contributed by atoms with Crippen molar-refractivity contribution in [3.05, 3.63) is 269 Å². The van der Waals surface area contributed by atoms with E-state index in [-0.39, 0.29) is 68.9 Å². The predicted octanol–water partition coefficient (Wildman–Crippen LogP) is 12.3. The number of rotatable bonds is 5. The van der Waals surface area contributed by atoms with Gasteiger partial charge < -0.3 is 10.6 Å². The number of carbonyl (C=O) groups excluding carboxylic acids is 5. The van der Waals surface area contributed by atoms with E-state index in [0.717, 1.165) is 15.2 Å². The Balaban J connectivity index is 0.000000121. The summed E-state index contributed by atoms with van der Waals surface area (Å²) in [5.41, 5.74) is 10.5. The molecule has 2 fully saturated rings. The van der Waals surface area contributed by atoms with Crippen molar-refractivity contribution in [2.45, 2.75) is 58.8 Å². The van der Waals surface area contributed by atoms with Gasteiger partial charge in [0.2, 0.25) is 11.8 Å². The first kappa shape index (κ1) is 78.2. The molecule has 0 unspecified atom stereocenters. The average molecular weight is 1900 g/mol. The van der Waals surface area contributed by atoms with Crippen LogP contribution in [0.1, 0.15) is 20.1 Å². The van der Waals surface area contributed by atoms with Gasteiger partial charge in [-0.05, 0) is 34.7 Å². The number of halogens is 1. The molecular weight excluding hydrogens is 1820 g/mol. The monoisotopic (exact) mass is 1900 g/mol. The molecule has 6 aliphatic heterocycles.